The number of hydrogen-bond donors (Lipinski definition) is 4. The van der Waals surface area contributed by atoms with E-state index in [4.69, 9.17) is 4.74 Å². The molecule has 12 nitrogen and oxygen atoms in total. The Hall–Kier alpha value is -2.26. The first-order chi connectivity index (χ1) is 19.5. The molecule has 1 saturated carbocycles. The number of sulfonamides is 1. The van der Waals surface area contributed by atoms with Gasteiger partial charge >= 0.3 is 16.0 Å². The fourth-order valence-electron chi connectivity index (χ4n) is 4.81. The molecule has 1 aliphatic rings. The van der Waals surface area contributed by atoms with Crippen molar-refractivity contribution in [2.24, 2.45) is 16.2 Å². The minimum Gasteiger partial charge on any atom is -0.465 e. The summed E-state index contributed by atoms with van der Waals surface area (Å²) in [5.74, 6) is -0.884. The number of nitrogens with one attached hydrogen (secondary N) is 1. The predicted octanol–water partition coefficient (Wildman–Crippen LogP) is 3.39. The molecule has 0 saturated heterocycles. The van der Waals surface area contributed by atoms with Gasteiger partial charge in [-0.05, 0) is 56.8 Å². The highest BCUT2D eigenvalue weighted by molar-refractivity contribution is 7.92. The van der Waals surface area contributed by atoms with Crippen molar-refractivity contribution in [1.29, 1.82) is 0 Å². The molecule has 41 heavy (non-hydrogen) atoms. The molecule has 2 rings (SSSR count). The van der Waals surface area contributed by atoms with Crippen molar-refractivity contribution in [3.05, 3.63) is 12.2 Å². The molecule has 0 bridgehead atoms. The minimum absolute atomic E-state index is 0.0163. The number of carbonyl (C=O) groups is 2. The van der Waals surface area contributed by atoms with Crippen LogP contribution in [0, 0.1) is 11.8 Å². The van der Waals surface area contributed by atoms with Crippen LogP contribution in [0.15, 0.2) is 20.9 Å². The topological polar surface area (TPSA) is 188 Å². The van der Waals surface area contributed by atoms with E-state index in [0.29, 0.717) is 49.9 Å². The molecular formula is C27H44N4O8S2. The lowest BCUT2D eigenvalue weighted by Gasteiger charge is -2.23. The first-order valence-electron chi connectivity index (χ1n) is 14.3. The number of ether oxygens (including phenoxy) is 1. The van der Waals surface area contributed by atoms with Crippen molar-refractivity contribution in [2.75, 3.05) is 11.9 Å². The van der Waals surface area contributed by atoms with E-state index in [2.05, 4.69) is 26.8 Å². The third kappa shape index (κ3) is 13.1. The lowest BCUT2D eigenvalue weighted by molar-refractivity contribution is -0.143. The Morgan fingerprint density at radius 1 is 1.12 bits per heavy atom. The first kappa shape index (κ1) is 34.9. The maximum absolute atomic E-state index is 12.1. The van der Waals surface area contributed by atoms with E-state index in [0.717, 1.165) is 31.9 Å². The molecule has 1 heterocycles. The molecule has 0 aliphatic heterocycles. The summed E-state index contributed by atoms with van der Waals surface area (Å²) in [6.45, 7) is 3.38. The number of allylic oxidation sites excluding steroid dienone is 2. The molecule has 14 heteroatoms. The Morgan fingerprint density at radius 2 is 1.88 bits per heavy atom. The molecule has 0 spiro atoms. The summed E-state index contributed by atoms with van der Waals surface area (Å²) in [6.07, 6.45) is 11.4. The Balaban J connectivity index is 1.62. The quantitative estimate of drug-likeness (QED) is 0.0590. The van der Waals surface area contributed by atoms with Gasteiger partial charge in [0.05, 0.1) is 24.9 Å². The summed E-state index contributed by atoms with van der Waals surface area (Å²) >= 11 is 0.685. The highest BCUT2D eigenvalue weighted by Crippen LogP contribution is 2.38. The third-order valence-corrected chi connectivity index (χ3v) is 9.42. The number of esters is 1. The van der Waals surface area contributed by atoms with E-state index >= 15 is 0 Å². The van der Waals surface area contributed by atoms with Gasteiger partial charge in [-0.1, -0.05) is 49.7 Å². The van der Waals surface area contributed by atoms with Crippen LogP contribution in [-0.2, 0) is 24.3 Å². The predicted molar refractivity (Wildman–Crippen MR) is 156 cm³/mol. The van der Waals surface area contributed by atoms with Crippen molar-refractivity contribution in [3.8, 4) is 0 Å². The standard InChI is InChI=1S/C27H44N4O8S2/c1-3-4-7-11-20(33)14-15-22-21(23(34)18-24(22)35)12-8-5-6-9-13-25(36)39-17-10-16-28-41(37,38)27-31-30-26(40-27)29-19(2)32/h5,8,16,20-24,33-35H,3-4,6-7,9-15,17-18H2,1-2H3,(H,29,30,32)/b8-5-,28-16+/t20-,21+,22+,23-,24+/m0/s1. The van der Waals surface area contributed by atoms with Gasteiger partial charge in [0.2, 0.25) is 11.0 Å². The number of unbranched alkanes of at least 4 members (excludes halogenated alkanes) is 3. The number of carbonyl (C=O) groups excluding carboxylic acids is 2. The number of nitrogens with zero attached hydrogens (tertiary/aromatic N) is 3. The van der Waals surface area contributed by atoms with Gasteiger partial charge in [-0.2, -0.15) is 12.8 Å². The van der Waals surface area contributed by atoms with Gasteiger partial charge in [-0.15, -0.1) is 10.2 Å². The maximum atomic E-state index is 12.1. The van der Waals surface area contributed by atoms with Gasteiger partial charge in [0.25, 0.3) is 4.34 Å². The van der Waals surface area contributed by atoms with Crippen molar-refractivity contribution < 1.29 is 38.1 Å². The molecular weight excluding hydrogens is 572 g/mol. The summed E-state index contributed by atoms with van der Waals surface area (Å²) in [7, 11) is -4.05. The molecule has 1 amide bonds. The van der Waals surface area contributed by atoms with Gasteiger partial charge in [0.15, 0.2) is 0 Å². The molecule has 1 aromatic heterocycles. The zero-order chi connectivity index (χ0) is 30.3. The van der Waals surface area contributed by atoms with E-state index in [9.17, 15) is 33.3 Å². The second-order valence-corrected chi connectivity index (χ2v) is 13.1. The number of hydrogen-bond acceptors (Lipinski definition) is 11. The molecule has 0 aromatic carbocycles. The van der Waals surface area contributed by atoms with Gasteiger partial charge in [-0.3, -0.25) is 9.59 Å². The van der Waals surface area contributed by atoms with Crippen LogP contribution in [-0.4, -0.2) is 76.9 Å². The average Bonchev–Trinajstić information content (AvgIpc) is 3.48. The van der Waals surface area contributed by atoms with Crippen LogP contribution >= 0.6 is 11.3 Å². The Morgan fingerprint density at radius 3 is 2.61 bits per heavy atom. The molecule has 0 radical (unpaired) electrons. The van der Waals surface area contributed by atoms with Gasteiger partial charge in [-0.25, -0.2) is 0 Å². The number of aliphatic hydroxyl groups excluding tert-OH is 3. The highest BCUT2D eigenvalue weighted by atomic mass is 32.2. The first-order valence-corrected chi connectivity index (χ1v) is 16.5. The monoisotopic (exact) mass is 616 g/mol. The van der Waals surface area contributed by atoms with Crippen LogP contribution in [0.2, 0.25) is 0 Å². The molecule has 232 valence electrons. The van der Waals surface area contributed by atoms with Crippen LogP contribution < -0.4 is 5.32 Å². The lowest BCUT2D eigenvalue weighted by Crippen LogP contribution is -2.23. The van der Waals surface area contributed by atoms with Gasteiger partial charge in [0, 0.05) is 26.0 Å². The Bertz CT molecular complexity index is 1110. The SMILES string of the molecule is CCCCC[C@H](O)CC[C@@H]1[C@@H](C/C=C\CCCC(=O)OCC/C=N/S(=O)(=O)c2nnc(NC(C)=O)s2)[C@@H](O)C[C@H]1O. The Kier molecular flexibility index (Phi) is 15.6. The van der Waals surface area contributed by atoms with Gasteiger partial charge < -0.3 is 25.4 Å². The number of rotatable bonds is 19. The normalized spacial score (nSPS) is 22.0. The molecule has 4 N–H and O–H groups in total. The lowest BCUT2D eigenvalue weighted by atomic mass is 9.85. The average molecular weight is 617 g/mol. The zero-order valence-electron chi connectivity index (χ0n) is 23.9. The molecule has 1 aliphatic carbocycles. The molecule has 5 atom stereocenters. The van der Waals surface area contributed by atoms with E-state index in [1.165, 1.54) is 6.92 Å². The Labute approximate surface area is 246 Å². The number of aliphatic hydroxyl groups is 3. The fourth-order valence-corrected chi connectivity index (χ4v) is 6.66. The number of anilines is 1. The number of amides is 1. The zero-order valence-corrected chi connectivity index (χ0v) is 25.5. The van der Waals surface area contributed by atoms with Crippen LogP contribution in [0.1, 0.15) is 90.9 Å². The minimum atomic E-state index is -4.05. The van der Waals surface area contributed by atoms with E-state index in [-0.39, 0.29) is 46.9 Å². The fraction of sp³-hybridized carbons (Fsp3) is 0.741. The van der Waals surface area contributed by atoms with Crippen molar-refractivity contribution >= 4 is 44.6 Å². The second kappa shape index (κ2) is 18.3. The van der Waals surface area contributed by atoms with Crippen molar-refractivity contribution in [1.82, 2.24) is 10.2 Å². The summed E-state index contributed by atoms with van der Waals surface area (Å²) in [6, 6.07) is 0. The van der Waals surface area contributed by atoms with Crippen LogP contribution in [0.5, 0.6) is 0 Å². The van der Waals surface area contributed by atoms with Crippen molar-refractivity contribution in [2.45, 2.75) is 114 Å². The van der Waals surface area contributed by atoms with Crippen LogP contribution in [0.4, 0.5) is 5.13 Å². The van der Waals surface area contributed by atoms with E-state index in [1.54, 1.807) is 0 Å². The smallest absolute Gasteiger partial charge is 0.311 e. The molecule has 0 unspecified atom stereocenters. The summed E-state index contributed by atoms with van der Waals surface area (Å²) < 4.78 is 32.5. The van der Waals surface area contributed by atoms with E-state index < -0.39 is 34.1 Å². The van der Waals surface area contributed by atoms with Crippen molar-refractivity contribution in [3.63, 3.8) is 0 Å². The van der Waals surface area contributed by atoms with Crippen LogP contribution in [0.3, 0.4) is 0 Å². The highest BCUT2D eigenvalue weighted by Gasteiger charge is 2.40. The molecule has 1 fully saturated rings. The van der Waals surface area contributed by atoms with E-state index in [1.807, 2.05) is 12.2 Å². The van der Waals surface area contributed by atoms with Gasteiger partial charge in [0.1, 0.15) is 0 Å². The third-order valence-electron chi connectivity index (χ3n) is 6.96. The molecule has 1 aromatic rings. The largest absolute Gasteiger partial charge is 0.465 e. The summed E-state index contributed by atoms with van der Waals surface area (Å²) in [5, 5.41) is 40.5. The number of aromatic nitrogens is 2. The summed E-state index contributed by atoms with van der Waals surface area (Å²) in [4.78, 5) is 23.0. The maximum Gasteiger partial charge on any atom is 0.311 e. The summed E-state index contributed by atoms with van der Waals surface area (Å²) in [5.41, 5.74) is 0. The van der Waals surface area contributed by atoms with Crippen LogP contribution in [0.25, 0.3) is 0 Å². The second-order valence-electron chi connectivity index (χ2n) is 10.4.